The molecule has 2 nitrogen and oxygen atoms in total. The number of aromatic nitrogens is 1. The predicted molar refractivity (Wildman–Crippen MR) is 231 cm³/mol. The van der Waals surface area contributed by atoms with Gasteiger partial charge in [0.2, 0.25) is 0 Å². The fourth-order valence-corrected chi connectivity index (χ4v) is 7.81. The van der Waals surface area contributed by atoms with Crippen molar-refractivity contribution in [2.24, 2.45) is 0 Å². The van der Waals surface area contributed by atoms with E-state index in [0.29, 0.717) is 0 Å². The highest BCUT2D eigenvalue weighted by Crippen LogP contribution is 2.41. The van der Waals surface area contributed by atoms with Crippen LogP contribution < -0.4 is 5.32 Å². The van der Waals surface area contributed by atoms with Gasteiger partial charge in [0.1, 0.15) is 0 Å². The maximum atomic E-state index is 4.75. The van der Waals surface area contributed by atoms with Crippen molar-refractivity contribution in [2.45, 2.75) is 33.6 Å². The molecule has 0 radical (unpaired) electrons. The van der Waals surface area contributed by atoms with Gasteiger partial charge in [0.05, 0.1) is 11.0 Å². The van der Waals surface area contributed by atoms with E-state index in [9.17, 15) is 0 Å². The second kappa shape index (κ2) is 14.7. The van der Waals surface area contributed by atoms with Gasteiger partial charge >= 0.3 is 0 Å². The summed E-state index contributed by atoms with van der Waals surface area (Å²) in [6.45, 7) is 11.0. The highest BCUT2D eigenvalue weighted by atomic mass is 15.0. The van der Waals surface area contributed by atoms with Crippen molar-refractivity contribution >= 4 is 60.3 Å². The first-order valence-corrected chi connectivity index (χ1v) is 18.9. The van der Waals surface area contributed by atoms with Crippen LogP contribution in [-0.4, -0.2) is 4.57 Å². The summed E-state index contributed by atoms with van der Waals surface area (Å²) in [7, 11) is 0. The summed E-state index contributed by atoms with van der Waals surface area (Å²) in [5.41, 5.74) is 12.7. The molecule has 2 heteroatoms. The fourth-order valence-electron chi connectivity index (χ4n) is 7.81. The average Bonchev–Trinajstić information content (AvgIpc) is 3.56. The molecule has 0 atom stereocenters. The number of hydrogen-bond acceptors (Lipinski definition) is 1. The van der Waals surface area contributed by atoms with Crippen LogP contribution in [0.4, 0.5) is 11.4 Å². The van der Waals surface area contributed by atoms with E-state index in [4.69, 9.17) is 6.58 Å². The smallest absolute Gasteiger partial charge is 0.0619 e. The number of fused-ring (bicyclic) bond motifs is 6. The normalized spacial score (nSPS) is 11.2. The van der Waals surface area contributed by atoms with Crippen molar-refractivity contribution in [3.63, 3.8) is 0 Å². The van der Waals surface area contributed by atoms with Gasteiger partial charge in [0, 0.05) is 44.2 Å². The quantitative estimate of drug-likeness (QED) is 0.169. The van der Waals surface area contributed by atoms with Gasteiger partial charge in [-0.2, -0.15) is 0 Å². The Morgan fingerprint density at radius 1 is 0.528 bits per heavy atom. The first-order chi connectivity index (χ1) is 26.2. The lowest BCUT2D eigenvalue weighted by Crippen LogP contribution is -2.00. The maximum absolute atomic E-state index is 4.75. The molecule has 0 saturated heterocycles. The summed E-state index contributed by atoms with van der Waals surface area (Å²) < 4.78 is 2.42. The Kier molecular flexibility index (Phi) is 9.36. The van der Waals surface area contributed by atoms with E-state index in [1.165, 1.54) is 60.0 Å². The highest BCUT2D eigenvalue weighted by Gasteiger charge is 2.18. The van der Waals surface area contributed by atoms with E-state index >= 15 is 0 Å². The standard InChI is InChI=1S/C49H38N2.C2H6/c1-3-14-34-15-7-10-21-40(34)33(2)44-31-37(26-29-47(44)50-46-24-13-18-35-16-8-11-22-41(35)46)38-27-30-48-45(32-38)43-28-25-36-17-9-12-23-42(36)49(43)51(48)39-19-5-4-6-20-39;1-2/h4-13,15-32,50H,2-3,14H2,1H3;1-2H3. The van der Waals surface area contributed by atoms with Crippen molar-refractivity contribution < 1.29 is 0 Å². The third kappa shape index (κ3) is 6.17. The van der Waals surface area contributed by atoms with Crippen LogP contribution in [0.5, 0.6) is 0 Å². The highest BCUT2D eigenvalue weighted by molar-refractivity contribution is 6.19. The van der Waals surface area contributed by atoms with Gasteiger partial charge < -0.3 is 9.88 Å². The monoisotopic (exact) mass is 684 g/mol. The lowest BCUT2D eigenvalue weighted by Gasteiger charge is -2.19. The van der Waals surface area contributed by atoms with Crippen LogP contribution in [-0.2, 0) is 6.42 Å². The molecule has 1 N–H and O–H groups in total. The van der Waals surface area contributed by atoms with E-state index in [1.54, 1.807) is 0 Å². The van der Waals surface area contributed by atoms with E-state index in [1.807, 2.05) is 13.8 Å². The minimum atomic E-state index is 1.01. The molecule has 9 aromatic rings. The molecular formula is C51H44N2. The number of nitrogens with zero attached hydrogens (tertiary/aromatic N) is 1. The molecule has 53 heavy (non-hydrogen) atoms. The van der Waals surface area contributed by atoms with Gasteiger partial charge in [-0.1, -0.05) is 161 Å². The van der Waals surface area contributed by atoms with Crippen molar-refractivity contribution in [1.29, 1.82) is 0 Å². The number of para-hydroxylation sites is 1. The number of nitrogens with one attached hydrogen (secondary N) is 1. The molecule has 1 aromatic heterocycles. The van der Waals surface area contributed by atoms with Gasteiger partial charge in [-0.05, 0) is 87.5 Å². The molecule has 0 amide bonds. The zero-order valence-corrected chi connectivity index (χ0v) is 30.7. The van der Waals surface area contributed by atoms with E-state index < -0.39 is 0 Å². The molecule has 0 aliphatic carbocycles. The van der Waals surface area contributed by atoms with E-state index in [0.717, 1.165) is 46.6 Å². The van der Waals surface area contributed by atoms with Gasteiger partial charge in [-0.25, -0.2) is 0 Å². The largest absolute Gasteiger partial charge is 0.355 e. The lowest BCUT2D eigenvalue weighted by molar-refractivity contribution is 0.918. The summed E-state index contributed by atoms with van der Waals surface area (Å²) in [5.74, 6) is 0. The Bertz CT molecular complexity index is 2740. The van der Waals surface area contributed by atoms with Crippen LogP contribution in [0.2, 0.25) is 0 Å². The van der Waals surface area contributed by atoms with Crippen LogP contribution in [0.3, 0.4) is 0 Å². The van der Waals surface area contributed by atoms with Crippen LogP contribution in [0.1, 0.15) is 43.9 Å². The minimum Gasteiger partial charge on any atom is -0.355 e. The van der Waals surface area contributed by atoms with Crippen LogP contribution in [0.25, 0.3) is 65.7 Å². The number of benzene rings is 8. The van der Waals surface area contributed by atoms with E-state index in [2.05, 4.69) is 187 Å². The van der Waals surface area contributed by atoms with Gasteiger partial charge in [0.25, 0.3) is 0 Å². The second-order valence-electron chi connectivity index (χ2n) is 13.4. The zero-order chi connectivity index (χ0) is 36.3. The number of hydrogen-bond donors (Lipinski definition) is 1. The number of rotatable bonds is 8. The van der Waals surface area contributed by atoms with Crippen molar-refractivity contribution in [3.8, 4) is 16.8 Å². The second-order valence-corrected chi connectivity index (χ2v) is 13.4. The lowest BCUT2D eigenvalue weighted by atomic mass is 9.90. The summed E-state index contributed by atoms with van der Waals surface area (Å²) in [6, 6.07) is 61.4. The minimum absolute atomic E-state index is 1.01. The third-order valence-electron chi connectivity index (χ3n) is 10.3. The summed E-state index contributed by atoms with van der Waals surface area (Å²) in [5, 5.41) is 11.2. The fraction of sp³-hybridized carbons (Fsp3) is 0.0980. The summed E-state index contributed by atoms with van der Waals surface area (Å²) >= 11 is 0. The molecular weight excluding hydrogens is 641 g/mol. The molecule has 0 bridgehead atoms. The Hall–Kier alpha value is -6.38. The molecule has 0 unspecified atom stereocenters. The number of aryl methyl sites for hydroxylation is 1. The average molecular weight is 685 g/mol. The predicted octanol–water partition coefficient (Wildman–Crippen LogP) is 14.5. The molecule has 0 saturated carbocycles. The first kappa shape index (κ1) is 33.7. The van der Waals surface area contributed by atoms with Crippen LogP contribution >= 0.6 is 0 Å². The molecule has 0 spiro atoms. The Labute approximate surface area is 312 Å². The molecule has 9 rings (SSSR count). The first-order valence-electron chi connectivity index (χ1n) is 18.9. The van der Waals surface area contributed by atoms with Crippen molar-refractivity contribution in [1.82, 2.24) is 4.57 Å². The molecule has 1 heterocycles. The molecule has 0 aliphatic heterocycles. The van der Waals surface area contributed by atoms with Crippen molar-refractivity contribution in [2.75, 3.05) is 5.32 Å². The molecule has 0 aliphatic rings. The van der Waals surface area contributed by atoms with Gasteiger partial charge in [-0.3, -0.25) is 0 Å². The molecule has 8 aromatic carbocycles. The maximum Gasteiger partial charge on any atom is 0.0619 e. The Morgan fingerprint density at radius 2 is 1.19 bits per heavy atom. The number of anilines is 2. The summed E-state index contributed by atoms with van der Waals surface area (Å²) in [4.78, 5) is 0. The van der Waals surface area contributed by atoms with Gasteiger partial charge in [0.15, 0.2) is 0 Å². The Morgan fingerprint density at radius 3 is 2.00 bits per heavy atom. The van der Waals surface area contributed by atoms with Crippen molar-refractivity contribution in [3.05, 3.63) is 193 Å². The molecule has 258 valence electrons. The van der Waals surface area contributed by atoms with Crippen LogP contribution in [0, 0.1) is 0 Å². The molecule has 0 fully saturated rings. The summed E-state index contributed by atoms with van der Waals surface area (Å²) in [6.07, 6.45) is 2.09. The van der Waals surface area contributed by atoms with Crippen LogP contribution in [0.15, 0.2) is 176 Å². The Balaban J connectivity index is 0.00000197. The zero-order valence-electron chi connectivity index (χ0n) is 30.7. The third-order valence-corrected chi connectivity index (χ3v) is 10.3. The SMILES string of the molecule is C=C(c1ccccc1CCC)c1cc(-c2ccc3c(c2)c2ccc4ccccc4c2n3-c2ccccc2)ccc1Nc1cccc2ccccc12.CC. The topological polar surface area (TPSA) is 17.0 Å². The van der Waals surface area contributed by atoms with Gasteiger partial charge in [-0.15, -0.1) is 0 Å². The van der Waals surface area contributed by atoms with E-state index in [-0.39, 0.29) is 0 Å².